The molecule has 2 N–H and O–H groups in total. The van der Waals surface area contributed by atoms with Gasteiger partial charge in [0.15, 0.2) is 0 Å². The molecular formula is C28H31N5O2. The molecule has 1 aliphatic heterocycles. The molecule has 1 fully saturated rings. The molecule has 0 radical (unpaired) electrons. The number of aryl methyl sites for hydroxylation is 1. The van der Waals surface area contributed by atoms with Crippen LogP contribution >= 0.6 is 0 Å². The number of hydrogen-bond acceptors (Lipinski definition) is 5. The Balaban J connectivity index is 1.28. The maximum absolute atomic E-state index is 12.5. The number of pyridine rings is 1. The summed E-state index contributed by atoms with van der Waals surface area (Å²) in [6.07, 6.45) is 0.726. The molecule has 0 bridgehead atoms. The van der Waals surface area contributed by atoms with E-state index in [1.807, 2.05) is 24.3 Å². The molecule has 4 rings (SSSR count). The lowest BCUT2D eigenvalue weighted by Crippen LogP contribution is -2.45. The summed E-state index contributed by atoms with van der Waals surface area (Å²) >= 11 is 0. The largest absolute Gasteiger partial charge is 0.369 e. The van der Waals surface area contributed by atoms with Gasteiger partial charge in [-0.05, 0) is 61.2 Å². The van der Waals surface area contributed by atoms with E-state index in [4.69, 9.17) is 0 Å². The average molecular weight is 470 g/mol. The Morgan fingerprint density at radius 3 is 2.37 bits per heavy atom. The first kappa shape index (κ1) is 24.2. The Labute approximate surface area is 206 Å². The van der Waals surface area contributed by atoms with Crippen LogP contribution in [0.2, 0.25) is 0 Å². The number of aromatic amines is 1. The molecule has 0 atom stereocenters. The van der Waals surface area contributed by atoms with Crippen LogP contribution in [0.3, 0.4) is 0 Å². The van der Waals surface area contributed by atoms with Crippen LogP contribution in [0, 0.1) is 25.2 Å². The van der Waals surface area contributed by atoms with Gasteiger partial charge in [0.05, 0.1) is 0 Å². The first-order valence-corrected chi connectivity index (χ1v) is 12.0. The van der Waals surface area contributed by atoms with E-state index in [2.05, 4.69) is 56.5 Å². The fourth-order valence-electron chi connectivity index (χ4n) is 4.64. The Morgan fingerprint density at radius 2 is 1.71 bits per heavy atom. The lowest BCUT2D eigenvalue weighted by Gasteiger charge is -2.36. The Bertz CT molecular complexity index is 1270. The predicted molar refractivity (Wildman–Crippen MR) is 139 cm³/mol. The van der Waals surface area contributed by atoms with Gasteiger partial charge in [-0.25, -0.2) is 0 Å². The molecular weight excluding hydrogens is 438 g/mol. The second-order valence-corrected chi connectivity index (χ2v) is 9.01. The number of nitriles is 1. The molecule has 1 aliphatic rings. The molecule has 2 aromatic carbocycles. The van der Waals surface area contributed by atoms with Gasteiger partial charge in [0.2, 0.25) is 5.91 Å². The zero-order valence-corrected chi connectivity index (χ0v) is 20.3. The van der Waals surface area contributed by atoms with Gasteiger partial charge >= 0.3 is 0 Å². The highest BCUT2D eigenvalue weighted by molar-refractivity contribution is 5.91. The third kappa shape index (κ3) is 5.97. The van der Waals surface area contributed by atoms with Crippen molar-refractivity contribution in [2.45, 2.75) is 33.2 Å². The Hall–Kier alpha value is -3.89. The minimum Gasteiger partial charge on any atom is -0.369 e. The fourth-order valence-corrected chi connectivity index (χ4v) is 4.64. The van der Waals surface area contributed by atoms with Crippen molar-refractivity contribution in [3.05, 3.63) is 92.9 Å². The number of carbonyl (C=O) groups is 1. The molecule has 3 aromatic rings. The molecule has 0 spiro atoms. The number of amides is 1. The molecule has 35 heavy (non-hydrogen) atoms. The van der Waals surface area contributed by atoms with E-state index in [1.54, 1.807) is 13.8 Å². The number of piperazine rings is 1. The lowest BCUT2D eigenvalue weighted by molar-refractivity contribution is -0.116. The summed E-state index contributed by atoms with van der Waals surface area (Å²) in [5.41, 5.74) is 5.19. The van der Waals surface area contributed by atoms with Crippen molar-refractivity contribution in [1.29, 1.82) is 5.26 Å². The first-order chi connectivity index (χ1) is 16.9. The van der Waals surface area contributed by atoms with Crippen molar-refractivity contribution in [3.8, 4) is 6.07 Å². The molecule has 1 amide bonds. The number of rotatable bonds is 7. The minimum atomic E-state index is -0.381. The molecule has 7 heteroatoms. The summed E-state index contributed by atoms with van der Waals surface area (Å²) in [6.45, 7) is 8.52. The van der Waals surface area contributed by atoms with Crippen molar-refractivity contribution in [1.82, 2.24) is 9.88 Å². The van der Waals surface area contributed by atoms with E-state index in [0.717, 1.165) is 49.7 Å². The Morgan fingerprint density at radius 1 is 1.03 bits per heavy atom. The molecule has 1 aromatic heterocycles. The van der Waals surface area contributed by atoms with Gasteiger partial charge < -0.3 is 15.2 Å². The highest BCUT2D eigenvalue weighted by Gasteiger charge is 2.18. The van der Waals surface area contributed by atoms with E-state index in [9.17, 15) is 14.9 Å². The van der Waals surface area contributed by atoms with Gasteiger partial charge in [-0.1, -0.05) is 30.3 Å². The zero-order chi connectivity index (χ0) is 24.8. The van der Waals surface area contributed by atoms with Crippen LogP contribution in [-0.2, 0) is 17.8 Å². The fraction of sp³-hybridized carbons (Fsp3) is 0.321. The van der Waals surface area contributed by atoms with Crippen LogP contribution in [0.1, 0.15) is 34.4 Å². The van der Waals surface area contributed by atoms with Crippen molar-refractivity contribution in [2.24, 2.45) is 0 Å². The van der Waals surface area contributed by atoms with Gasteiger partial charge in [0.1, 0.15) is 11.6 Å². The third-order valence-corrected chi connectivity index (χ3v) is 6.66. The molecule has 0 unspecified atom stereocenters. The number of H-pyrrole nitrogens is 1. The smallest absolute Gasteiger partial charge is 0.266 e. The highest BCUT2D eigenvalue weighted by Crippen LogP contribution is 2.21. The number of hydrogen-bond donors (Lipinski definition) is 2. The van der Waals surface area contributed by atoms with Crippen molar-refractivity contribution in [3.63, 3.8) is 0 Å². The summed E-state index contributed by atoms with van der Waals surface area (Å²) in [7, 11) is 0. The molecule has 1 saturated heterocycles. The second-order valence-electron chi connectivity index (χ2n) is 9.01. The van der Waals surface area contributed by atoms with Gasteiger partial charge in [-0.2, -0.15) is 5.26 Å². The van der Waals surface area contributed by atoms with Gasteiger partial charge in [-0.15, -0.1) is 0 Å². The SMILES string of the molecule is Cc1[nH]c(=O)c(C#N)c(C)c1CCC(=O)Nc1ccc(N2CCN(Cc3ccccc3)CC2)cc1. The summed E-state index contributed by atoms with van der Waals surface area (Å²) in [6, 6.07) is 20.5. The van der Waals surface area contributed by atoms with Crippen LogP contribution in [-0.4, -0.2) is 42.0 Å². The van der Waals surface area contributed by atoms with Crippen LogP contribution in [0.25, 0.3) is 0 Å². The van der Waals surface area contributed by atoms with E-state index in [1.165, 1.54) is 5.56 Å². The van der Waals surface area contributed by atoms with Crippen LogP contribution in [0.5, 0.6) is 0 Å². The monoisotopic (exact) mass is 469 g/mol. The first-order valence-electron chi connectivity index (χ1n) is 12.0. The highest BCUT2D eigenvalue weighted by atomic mass is 16.1. The van der Waals surface area contributed by atoms with Crippen molar-refractivity contribution in [2.75, 3.05) is 36.4 Å². The van der Waals surface area contributed by atoms with Crippen molar-refractivity contribution < 1.29 is 4.79 Å². The van der Waals surface area contributed by atoms with E-state index in [0.29, 0.717) is 17.7 Å². The van der Waals surface area contributed by atoms with Gasteiger partial charge in [-0.3, -0.25) is 14.5 Å². The van der Waals surface area contributed by atoms with Gasteiger partial charge in [0.25, 0.3) is 5.56 Å². The summed E-state index contributed by atoms with van der Waals surface area (Å²) < 4.78 is 0. The number of aromatic nitrogens is 1. The summed E-state index contributed by atoms with van der Waals surface area (Å²) in [4.78, 5) is 32.0. The van der Waals surface area contributed by atoms with Crippen LogP contribution in [0.4, 0.5) is 11.4 Å². The molecule has 180 valence electrons. The normalized spacial score (nSPS) is 13.9. The average Bonchev–Trinajstić information content (AvgIpc) is 2.85. The van der Waals surface area contributed by atoms with Crippen LogP contribution in [0.15, 0.2) is 59.4 Å². The maximum atomic E-state index is 12.5. The Kier molecular flexibility index (Phi) is 7.64. The molecule has 2 heterocycles. The number of nitrogens with one attached hydrogen (secondary N) is 2. The standard InChI is InChI=1S/C28H31N5O2/c1-20-25(21(2)30-28(35)26(20)18-29)12-13-27(34)31-23-8-10-24(11-9-23)33-16-14-32(15-17-33)19-22-6-4-3-5-7-22/h3-11H,12-17,19H2,1-2H3,(H,30,35)(H,31,34). The summed E-state index contributed by atoms with van der Waals surface area (Å²) in [5.74, 6) is -0.101. The number of benzene rings is 2. The molecule has 7 nitrogen and oxygen atoms in total. The predicted octanol–water partition coefficient (Wildman–Crippen LogP) is 3.76. The molecule has 0 aliphatic carbocycles. The van der Waals surface area contributed by atoms with E-state index in [-0.39, 0.29) is 23.5 Å². The minimum absolute atomic E-state index is 0.101. The third-order valence-electron chi connectivity index (χ3n) is 6.66. The van der Waals surface area contributed by atoms with E-state index < -0.39 is 0 Å². The number of nitrogens with zero attached hydrogens (tertiary/aromatic N) is 3. The number of anilines is 2. The lowest BCUT2D eigenvalue weighted by atomic mass is 9.99. The van der Waals surface area contributed by atoms with Crippen LogP contribution < -0.4 is 15.8 Å². The summed E-state index contributed by atoms with van der Waals surface area (Å²) in [5, 5.41) is 12.2. The quantitative estimate of drug-likeness (QED) is 0.550. The number of carbonyl (C=O) groups excluding carboxylic acids is 1. The van der Waals surface area contributed by atoms with E-state index >= 15 is 0 Å². The maximum Gasteiger partial charge on any atom is 0.266 e. The molecule has 0 saturated carbocycles. The van der Waals surface area contributed by atoms with Gasteiger partial charge in [0, 0.05) is 56.2 Å². The topological polar surface area (TPSA) is 92.2 Å². The second kappa shape index (κ2) is 11.0. The van der Waals surface area contributed by atoms with Crippen molar-refractivity contribution >= 4 is 17.3 Å². The zero-order valence-electron chi connectivity index (χ0n) is 20.3.